The quantitative estimate of drug-likeness (QED) is 0.643. The number of fused-ring (bicyclic) bond motifs is 1. The first-order chi connectivity index (χ1) is 12.7. The van der Waals surface area contributed by atoms with Crippen molar-refractivity contribution in [1.82, 2.24) is 14.5 Å². The average Bonchev–Trinajstić information content (AvgIpc) is 3.29. The first kappa shape index (κ1) is 16.7. The van der Waals surface area contributed by atoms with Crippen molar-refractivity contribution in [2.75, 3.05) is 5.32 Å². The number of nitrogens with zero attached hydrogens (tertiary/aromatic N) is 2. The zero-order chi connectivity index (χ0) is 17.9. The van der Waals surface area contributed by atoms with Gasteiger partial charge in [-0.15, -0.1) is 0 Å². The zero-order valence-corrected chi connectivity index (χ0v) is 14.7. The standard InChI is InChI=1S/C20H24N4O2/c25-18(23-20-21-10-11-22-20)17(12-14-6-2-1-3-7-14)24-13-15-8-4-5-9-16(15)19(24)26/h4-5,8-11,13-14,17,26H,1-3,6-7,12H2,(H2,21,22,23,25)/t17-/m0/s1. The number of hydrogen-bond donors (Lipinski definition) is 3. The molecule has 0 aliphatic heterocycles. The van der Waals surface area contributed by atoms with Crippen LogP contribution in [0.4, 0.5) is 5.95 Å². The lowest BCUT2D eigenvalue weighted by Crippen LogP contribution is -2.28. The van der Waals surface area contributed by atoms with Gasteiger partial charge in [0.1, 0.15) is 6.04 Å². The molecule has 0 radical (unpaired) electrons. The molecule has 26 heavy (non-hydrogen) atoms. The number of anilines is 1. The number of hydrogen-bond acceptors (Lipinski definition) is 3. The van der Waals surface area contributed by atoms with Gasteiger partial charge >= 0.3 is 0 Å². The predicted octanol–water partition coefficient (Wildman–Crippen LogP) is 4.22. The number of aromatic amines is 1. The van der Waals surface area contributed by atoms with Crippen molar-refractivity contribution in [3.05, 3.63) is 42.9 Å². The van der Waals surface area contributed by atoms with Crippen LogP contribution in [-0.4, -0.2) is 25.5 Å². The van der Waals surface area contributed by atoms with Crippen LogP contribution in [0.15, 0.2) is 42.9 Å². The number of carbonyl (C=O) groups excluding carboxylic acids is 1. The van der Waals surface area contributed by atoms with Gasteiger partial charge in [-0.2, -0.15) is 0 Å². The van der Waals surface area contributed by atoms with Gasteiger partial charge in [-0.3, -0.25) is 10.1 Å². The highest BCUT2D eigenvalue weighted by atomic mass is 16.3. The van der Waals surface area contributed by atoms with E-state index in [-0.39, 0.29) is 11.8 Å². The van der Waals surface area contributed by atoms with E-state index in [2.05, 4.69) is 15.3 Å². The maximum atomic E-state index is 13.0. The number of aromatic hydroxyl groups is 1. The molecular weight excluding hydrogens is 328 g/mol. The van der Waals surface area contributed by atoms with Crippen LogP contribution in [0.1, 0.15) is 44.6 Å². The van der Waals surface area contributed by atoms with E-state index in [1.54, 1.807) is 17.0 Å². The number of carbonyl (C=O) groups is 1. The topological polar surface area (TPSA) is 82.9 Å². The Morgan fingerprint density at radius 1 is 1.31 bits per heavy atom. The monoisotopic (exact) mass is 352 g/mol. The Morgan fingerprint density at radius 3 is 2.85 bits per heavy atom. The summed E-state index contributed by atoms with van der Waals surface area (Å²) in [4.78, 5) is 20.0. The molecule has 136 valence electrons. The van der Waals surface area contributed by atoms with Crippen molar-refractivity contribution in [2.45, 2.75) is 44.6 Å². The summed E-state index contributed by atoms with van der Waals surface area (Å²) in [5.74, 6) is 0.929. The van der Waals surface area contributed by atoms with Crippen LogP contribution in [0, 0.1) is 5.92 Å². The summed E-state index contributed by atoms with van der Waals surface area (Å²) in [6, 6.07) is 7.20. The highest BCUT2D eigenvalue weighted by Gasteiger charge is 2.28. The van der Waals surface area contributed by atoms with Crippen LogP contribution in [0.5, 0.6) is 5.88 Å². The Balaban J connectivity index is 1.66. The van der Waals surface area contributed by atoms with Crippen molar-refractivity contribution in [1.29, 1.82) is 0 Å². The molecule has 1 amide bonds. The van der Waals surface area contributed by atoms with Crippen LogP contribution in [0.25, 0.3) is 10.8 Å². The number of rotatable bonds is 5. The maximum Gasteiger partial charge on any atom is 0.249 e. The first-order valence-electron chi connectivity index (χ1n) is 9.31. The molecule has 6 heteroatoms. The van der Waals surface area contributed by atoms with Crippen molar-refractivity contribution in [3.8, 4) is 5.88 Å². The Bertz CT molecular complexity index is 878. The van der Waals surface area contributed by atoms with Gasteiger partial charge in [0.25, 0.3) is 0 Å². The second-order valence-corrected chi connectivity index (χ2v) is 7.13. The van der Waals surface area contributed by atoms with Gasteiger partial charge in [0.05, 0.1) is 0 Å². The zero-order valence-electron chi connectivity index (χ0n) is 14.7. The fourth-order valence-electron chi connectivity index (χ4n) is 4.02. The highest BCUT2D eigenvalue weighted by Crippen LogP contribution is 2.36. The van der Waals surface area contributed by atoms with Crippen LogP contribution >= 0.6 is 0 Å². The summed E-state index contributed by atoms with van der Waals surface area (Å²) >= 11 is 0. The van der Waals surface area contributed by atoms with E-state index in [0.717, 1.165) is 30.0 Å². The number of H-pyrrole nitrogens is 1. The molecule has 2 aromatic heterocycles. The van der Waals surface area contributed by atoms with Crippen LogP contribution < -0.4 is 5.32 Å². The molecule has 0 spiro atoms. The predicted molar refractivity (Wildman–Crippen MR) is 101 cm³/mol. The molecule has 1 aromatic carbocycles. The minimum Gasteiger partial charge on any atom is -0.494 e. The van der Waals surface area contributed by atoms with Gasteiger partial charge in [-0.05, 0) is 18.4 Å². The van der Waals surface area contributed by atoms with E-state index in [1.807, 2.05) is 30.5 Å². The Hall–Kier alpha value is -2.76. The maximum absolute atomic E-state index is 13.0. The third-order valence-electron chi connectivity index (χ3n) is 5.38. The minimum atomic E-state index is -0.462. The number of imidazole rings is 1. The molecule has 1 atom stereocenters. The van der Waals surface area contributed by atoms with Gasteiger partial charge in [-0.25, -0.2) is 4.98 Å². The fourth-order valence-corrected chi connectivity index (χ4v) is 4.02. The molecule has 2 heterocycles. The molecule has 1 saturated carbocycles. The normalized spacial score (nSPS) is 16.6. The van der Waals surface area contributed by atoms with Crippen molar-refractivity contribution < 1.29 is 9.90 Å². The van der Waals surface area contributed by atoms with Gasteiger partial charge in [-0.1, -0.05) is 50.3 Å². The molecule has 3 aromatic rings. The second-order valence-electron chi connectivity index (χ2n) is 7.13. The SMILES string of the molecule is O=C(Nc1ncc[nH]1)[C@H](CC1CCCCC1)n1cc2ccccc2c1O. The lowest BCUT2D eigenvalue weighted by atomic mass is 9.84. The van der Waals surface area contributed by atoms with E-state index in [1.165, 1.54) is 19.3 Å². The number of nitrogens with one attached hydrogen (secondary N) is 2. The van der Waals surface area contributed by atoms with Gasteiger partial charge in [0.15, 0.2) is 5.88 Å². The molecule has 1 aliphatic rings. The Labute approximate surface area is 152 Å². The van der Waals surface area contributed by atoms with E-state index in [4.69, 9.17) is 0 Å². The summed E-state index contributed by atoms with van der Waals surface area (Å²) in [5.41, 5.74) is 0. The minimum absolute atomic E-state index is 0.149. The molecule has 4 rings (SSSR count). The number of aromatic nitrogens is 3. The average molecular weight is 352 g/mol. The highest BCUT2D eigenvalue weighted by molar-refractivity contribution is 5.94. The molecule has 0 unspecified atom stereocenters. The van der Waals surface area contributed by atoms with E-state index in [9.17, 15) is 9.90 Å². The smallest absolute Gasteiger partial charge is 0.249 e. The number of amides is 1. The second kappa shape index (κ2) is 7.23. The molecule has 1 aliphatic carbocycles. The van der Waals surface area contributed by atoms with Crippen molar-refractivity contribution >= 4 is 22.6 Å². The lowest BCUT2D eigenvalue weighted by Gasteiger charge is -2.27. The fraction of sp³-hybridized carbons (Fsp3) is 0.400. The molecule has 3 N–H and O–H groups in total. The van der Waals surface area contributed by atoms with E-state index < -0.39 is 6.04 Å². The lowest BCUT2D eigenvalue weighted by molar-refractivity contribution is -0.120. The Kier molecular flexibility index (Phi) is 4.65. The van der Waals surface area contributed by atoms with Crippen LogP contribution in [0.3, 0.4) is 0 Å². The van der Waals surface area contributed by atoms with Gasteiger partial charge in [0.2, 0.25) is 11.9 Å². The molecule has 0 bridgehead atoms. The van der Waals surface area contributed by atoms with Crippen LogP contribution in [-0.2, 0) is 4.79 Å². The van der Waals surface area contributed by atoms with Crippen molar-refractivity contribution in [3.63, 3.8) is 0 Å². The summed E-state index contributed by atoms with van der Waals surface area (Å²) in [7, 11) is 0. The molecule has 1 fully saturated rings. The summed E-state index contributed by atoms with van der Waals surface area (Å²) in [6.07, 6.45) is 11.9. The number of benzene rings is 1. The van der Waals surface area contributed by atoms with Crippen LogP contribution in [0.2, 0.25) is 0 Å². The third kappa shape index (κ3) is 3.31. The summed E-state index contributed by atoms with van der Waals surface area (Å²) < 4.78 is 1.72. The Morgan fingerprint density at radius 2 is 2.12 bits per heavy atom. The summed E-state index contributed by atoms with van der Waals surface area (Å²) in [5, 5.41) is 15.3. The van der Waals surface area contributed by atoms with E-state index in [0.29, 0.717) is 11.9 Å². The van der Waals surface area contributed by atoms with Gasteiger partial charge < -0.3 is 14.7 Å². The molecular formula is C20H24N4O2. The molecule has 0 saturated heterocycles. The largest absolute Gasteiger partial charge is 0.494 e. The van der Waals surface area contributed by atoms with E-state index >= 15 is 0 Å². The van der Waals surface area contributed by atoms with Gasteiger partial charge in [0, 0.05) is 29.4 Å². The third-order valence-corrected chi connectivity index (χ3v) is 5.38. The van der Waals surface area contributed by atoms with Crippen molar-refractivity contribution in [2.24, 2.45) is 5.92 Å². The molecule has 6 nitrogen and oxygen atoms in total. The summed E-state index contributed by atoms with van der Waals surface area (Å²) in [6.45, 7) is 0. The first-order valence-corrected chi connectivity index (χ1v) is 9.31.